The standard InChI is InChI=1S/C29H35ClIN5O4/c1-5-19-21(17(3)28(37)38)15-35(4)25(19)12-16(2)40-29-32-24-14-22(30)26(33-27(24)34-29)20-7-6-18(13-23(20)31)36-8-10-39-11-9-36/h5,12,14-15,17-18,20,23H,1,6-11,13H2,2-4H3,(H,37,38)(H,32,33,34)/b16-12+. The van der Waals surface area contributed by atoms with Crippen LogP contribution >= 0.6 is 34.2 Å². The van der Waals surface area contributed by atoms with Crippen molar-refractivity contribution in [2.75, 3.05) is 26.3 Å². The lowest BCUT2D eigenvalue weighted by Gasteiger charge is -2.41. The summed E-state index contributed by atoms with van der Waals surface area (Å²) >= 11 is 9.33. The Bertz CT molecular complexity index is 1440. The maximum absolute atomic E-state index is 11.6. The maximum Gasteiger partial charge on any atom is 0.310 e. The summed E-state index contributed by atoms with van der Waals surface area (Å²) in [6.07, 6.45) is 8.61. The van der Waals surface area contributed by atoms with Crippen LogP contribution in [0.2, 0.25) is 5.02 Å². The first kappa shape index (κ1) is 29.1. The van der Waals surface area contributed by atoms with E-state index in [1.54, 1.807) is 13.0 Å². The number of allylic oxidation sites excluding steroid dienone is 1. The largest absolute Gasteiger partial charge is 0.481 e. The lowest BCUT2D eigenvalue weighted by atomic mass is 9.83. The summed E-state index contributed by atoms with van der Waals surface area (Å²) in [7, 11) is 1.87. The van der Waals surface area contributed by atoms with Crippen molar-refractivity contribution in [1.82, 2.24) is 24.4 Å². The summed E-state index contributed by atoms with van der Waals surface area (Å²) in [6.45, 7) is 11.0. The maximum atomic E-state index is 11.6. The van der Waals surface area contributed by atoms with Crippen LogP contribution in [0.1, 0.15) is 67.5 Å². The van der Waals surface area contributed by atoms with Crippen molar-refractivity contribution >= 4 is 63.5 Å². The highest BCUT2D eigenvalue weighted by molar-refractivity contribution is 14.1. The number of hydrogen-bond acceptors (Lipinski definition) is 6. The van der Waals surface area contributed by atoms with Crippen molar-refractivity contribution in [2.45, 2.75) is 54.9 Å². The van der Waals surface area contributed by atoms with Crippen LogP contribution in [0.4, 0.5) is 0 Å². The number of ether oxygens (including phenoxy) is 2. The molecule has 1 aliphatic heterocycles. The molecule has 0 bridgehead atoms. The predicted octanol–water partition coefficient (Wildman–Crippen LogP) is 5.99. The van der Waals surface area contributed by atoms with Gasteiger partial charge in [-0.1, -0.05) is 46.8 Å². The number of alkyl halides is 1. The summed E-state index contributed by atoms with van der Waals surface area (Å²) in [5.41, 5.74) is 4.46. The van der Waals surface area contributed by atoms with Crippen LogP contribution in [-0.2, 0) is 16.6 Å². The van der Waals surface area contributed by atoms with Gasteiger partial charge in [0.05, 0.1) is 41.1 Å². The zero-order valence-corrected chi connectivity index (χ0v) is 25.9. The van der Waals surface area contributed by atoms with Gasteiger partial charge in [-0.3, -0.25) is 9.69 Å². The first-order chi connectivity index (χ1) is 19.2. The van der Waals surface area contributed by atoms with E-state index < -0.39 is 11.9 Å². The number of H-pyrrole nitrogens is 1. The average Bonchev–Trinajstić information content (AvgIpc) is 3.46. The molecule has 0 aromatic carbocycles. The number of fused-ring (bicyclic) bond motifs is 1. The second kappa shape index (κ2) is 12.2. The van der Waals surface area contributed by atoms with E-state index in [9.17, 15) is 9.90 Å². The van der Waals surface area contributed by atoms with Gasteiger partial charge in [0.15, 0.2) is 5.65 Å². The number of carbonyl (C=O) groups is 1. The van der Waals surface area contributed by atoms with Gasteiger partial charge in [-0.15, -0.1) is 0 Å². The van der Waals surface area contributed by atoms with Crippen molar-refractivity contribution in [3.8, 4) is 6.01 Å². The van der Waals surface area contributed by atoms with E-state index in [1.807, 2.05) is 36.9 Å². The molecule has 3 aromatic rings. The SMILES string of the molecule is C=Cc1c(C(C)C(=O)O)cn(C)c1/C=C(\C)Oc1nc2nc(C3CCC(N4CCOCC4)CC3I)c(Cl)cc2[nH]1. The smallest absolute Gasteiger partial charge is 0.310 e. The van der Waals surface area contributed by atoms with Crippen molar-refractivity contribution in [3.63, 3.8) is 0 Å². The summed E-state index contributed by atoms with van der Waals surface area (Å²) in [5.74, 6) is -0.684. The van der Waals surface area contributed by atoms with E-state index in [1.165, 1.54) is 0 Å². The Balaban J connectivity index is 1.34. The highest BCUT2D eigenvalue weighted by Gasteiger charge is 2.35. The highest BCUT2D eigenvalue weighted by Crippen LogP contribution is 2.42. The van der Waals surface area contributed by atoms with Crippen molar-refractivity contribution < 1.29 is 19.4 Å². The van der Waals surface area contributed by atoms with E-state index in [2.05, 4.69) is 44.0 Å². The molecule has 2 aliphatic rings. The Hall–Kier alpha value is -2.41. The van der Waals surface area contributed by atoms with Gasteiger partial charge in [-0.2, -0.15) is 4.98 Å². The van der Waals surface area contributed by atoms with Crippen LogP contribution in [0.5, 0.6) is 6.01 Å². The number of pyridine rings is 1. The van der Waals surface area contributed by atoms with Gasteiger partial charge >= 0.3 is 12.0 Å². The molecule has 4 heterocycles. The Morgan fingerprint density at radius 3 is 2.77 bits per heavy atom. The van der Waals surface area contributed by atoms with Gasteiger partial charge in [0, 0.05) is 53.9 Å². The van der Waals surface area contributed by atoms with Gasteiger partial charge in [-0.05, 0) is 44.7 Å². The monoisotopic (exact) mass is 679 g/mol. The van der Waals surface area contributed by atoms with Crippen LogP contribution in [0.15, 0.2) is 24.6 Å². The molecule has 2 N–H and O–H groups in total. The number of morpholine rings is 1. The van der Waals surface area contributed by atoms with Gasteiger partial charge in [0.2, 0.25) is 0 Å². The fourth-order valence-corrected chi connectivity index (χ4v) is 7.41. The van der Waals surface area contributed by atoms with E-state index >= 15 is 0 Å². The molecule has 2 fully saturated rings. The number of aromatic nitrogens is 4. The molecule has 3 aromatic heterocycles. The van der Waals surface area contributed by atoms with Gasteiger partial charge in [0.1, 0.15) is 5.76 Å². The summed E-state index contributed by atoms with van der Waals surface area (Å²) in [4.78, 5) is 26.8. The third-order valence-electron chi connectivity index (χ3n) is 8.03. The second-order valence-electron chi connectivity index (χ2n) is 10.6. The summed E-state index contributed by atoms with van der Waals surface area (Å²) in [5, 5.41) is 10.1. The number of hydrogen-bond donors (Lipinski definition) is 2. The molecule has 1 aliphatic carbocycles. The first-order valence-corrected chi connectivity index (χ1v) is 15.2. The van der Waals surface area contributed by atoms with Crippen LogP contribution in [0.3, 0.4) is 0 Å². The molecule has 0 amide bonds. The van der Waals surface area contributed by atoms with Crippen LogP contribution in [0.25, 0.3) is 23.3 Å². The minimum atomic E-state index is -0.885. The van der Waals surface area contributed by atoms with Crippen molar-refractivity contribution in [3.05, 3.63) is 52.1 Å². The molecule has 214 valence electrons. The molecule has 0 radical (unpaired) electrons. The van der Waals surface area contributed by atoms with Crippen molar-refractivity contribution in [1.29, 1.82) is 0 Å². The number of nitrogens with zero attached hydrogens (tertiary/aromatic N) is 4. The van der Waals surface area contributed by atoms with Crippen LogP contribution in [-0.4, -0.2) is 71.8 Å². The quantitative estimate of drug-likeness (QED) is 0.171. The van der Waals surface area contributed by atoms with E-state index in [4.69, 9.17) is 26.1 Å². The zero-order valence-electron chi connectivity index (χ0n) is 23.0. The number of rotatable bonds is 8. The number of carboxylic acid groups (broad SMARTS) is 1. The average molecular weight is 680 g/mol. The topological polar surface area (TPSA) is 106 Å². The summed E-state index contributed by atoms with van der Waals surface area (Å²) in [6, 6.07) is 2.79. The first-order valence-electron chi connectivity index (χ1n) is 13.6. The molecule has 1 saturated carbocycles. The minimum Gasteiger partial charge on any atom is -0.481 e. The number of aliphatic carboxylic acids is 1. The predicted molar refractivity (Wildman–Crippen MR) is 165 cm³/mol. The van der Waals surface area contributed by atoms with Gasteiger partial charge in [0.25, 0.3) is 0 Å². The Morgan fingerprint density at radius 2 is 2.10 bits per heavy atom. The molecular formula is C29H35ClIN5O4. The number of imidazole rings is 1. The summed E-state index contributed by atoms with van der Waals surface area (Å²) < 4.78 is 13.9. The lowest BCUT2D eigenvalue weighted by Crippen LogP contribution is -2.46. The highest BCUT2D eigenvalue weighted by atomic mass is 127. The third-order valence-corrected chi connectivity index (χ3v) is 9.71. The zero-order chi connectivity index (χ0) is 28.6. The van der Waals surface area contributed by atoms with Gasteiger partial charge < -0.3 is 24.1 Å². The van der Waals surface area contributed by atoms with Crippen LogP contribution < -0.4 is 4.74 Å². The van der Waals surface area contributed by atoms with Crippen LogP contribution in [0, 0.1) is 0 Å². The molecule has 4 atom stereocenters. The molecule has 11 heteroatoms. The van der Waals surface area contributed by atoms with Gasteiger partial charge in [-0.25, -0.2) is 4.98 Å². The molecule has 5 rings (SSSR count). The second-order valence-corrected chi connectivity index (χ2v) is 12.6. The molecular weight excluding hydrogens is 645 g/mol. The number of carboxylic acids is 1. The van der Waals surface area contributed by atoms with E-state index in [-0.39, 0.29) is 5.92 Å². The number of halogens is 2. The van der Waals surface area contributed by atoms with E-state index in [0.29, 0.717) is 43.5 Å². The van der Waals surface area contributed by atoms with E-state index in [0.717, 1.165) is 62.5 Å². The molecule has 40 heavy (non-hydrogen) atoms. The third kappa shape index (κ3) is 5.95. The molecule has 9 nitrogen and oxygen atoms in total. The number of aromatic amines is 1. The fourth-order valence-electron chi connectivity index (χ4n) is 5.84. The fraction of sp³-hybridized carbons (Fsp3) is 0.483. The van der Waals surface area contributed by atoms with Crippen molar-refractivity contribution in [2.24, 2.45) is 7.05 Å². The normalized spacial score (nSPS) is 23.3. The lowest BCUT2D eigenvalue weighted by molar-refractivity contribution is -0.138. The number of nitrogens with one attached hydrogen (secondary N) is 1. The Labute approximate surface area is 252 Å². The Kier molecular flexibility index (Phi) is 8.89. The minimum absolute atomic E-state index is 0.273. The molecule has 4 unspecified atom stereocenters. The molecule has 0 spiro atoms. The number of aryl methyl sites for hydroxylation is 1. The Morgan fingerprint density at radius 1 is 1.35 bits per heavy atom. The molecule has 1 saturated heterocycles.